The number of carbonyl (C=O) groups excluding carboxylic acids is 1. The van der Waals surface area contributed by atoms with Crippen LogP contribution >= 0.6 is 11.8 Å². The first kappa shape index (κ1) is 20.1. The fourth-order valence-electron chi connectivity index (χ4n) is 2.24. The molecule has 0 aliphatic heterocycles. The van der Waals surface area contributed by atoms with Gasteiger partial charge in [-0.1, -0.05) is 18.2 Å². The standard InChI is InChI=1S/C20H24FNO3S/c1-24-17-8-10-18(11-9-17)25-13-4-7-20(23)22-12-14-26-15-16-5-2-3-6-19(16)21/h2-3,5-6,8-11H,4,7,12-15H2,1H3,(H,22,23). The number of carbonyl (C=O) groups is 1. The molecule has 140 valence electrons. The Labute approximate surface area is 158 Å². The third-order valence-electron chi connectivity index (χ3n) is 3.66. The molecule has 1 N–H and O–H groups in total. The van der Waals surface area contributed by atoms with Crippen molar-refractivity contribution in [3.63, 3.8) is 0 Å². The monoisotopic (exact) mass is 377 g/mol. The third kappa shape index (κ3) is 7.35. The van der Waals surface area contributed by atoms with E-state index in [9.17, 15) is 9.18 Å². The summed E-state index contributed by atoms with van der Waals surface area (Å²) in [7, 11) is 1.62. The molecule has 0 aliphatic rings. The van der Waals surface area contributed by atoms with Crippen LogP contribution in [0.3, 0.4) is 0 Å². The van der Waals surface area contributed by atoms with Crippen LogP contribution in [0.15, 0.2) is 48.5 Å². The van der Waals surface area contributed by atoms with Crippen molar-refractivity contribution < 1.29 is 18.7 Å². The summed E-state index contributed by atoms with van der Waals surface area (Å²) in [5.74, 6) is 2.73. The summed E-state index contributed by atoms with van der Waals surface area (Å²) in [6, 6.07) is 14.1. The largest absolute Gasteiger partial charge is 0.497 e. The van der Waals surface area contributed by atoms with Crippen LogP contribution in [0.1, 0.15) is 18.4 Å². The van der Waals surface area contributed by atoms with Crippen LogP contribution in [-0.2, 0) is 10.5 Å². The zero-order valence-corrected chi connectivity index (χ0v) is 15.7. The molecule has 0 unspecified atom stereocenters. The molecular weight excluding hydrogens is 353 g/mol. The molecule has 0 spiro atoms. The average molecular weight is 377 g/mol. The molecule has 0 radical (unpaired) electrons. The van der Waals surface area contributed by atoms with Gasteiger partial charge in [0.05, 0.1) is 13.7 Å². The first-order valence-corrected chi connectivity index (χ1v) is 9.69. The number of thioether (sulfide) groups is 1. The van der Waals surface area contributed by atoms with E-state index in [2.05, 4.69) is 5.32 Å². The number of rotatable bonds is 11. The lowest BCUT2D eigenvalue weighted by atomic mass is 10.2. The van der Waals surface area contributed by atoms with Gasteiger partial charge in [0.25, 0.3) is 0 Å². The Bertz CT molecular complexity index is 679. The number of halogens is 1. The van der Waals surface area contributed by atoms with Crippen LogP contribution in [0.25, 0.3) is 0 Å². The highest BCUT2D eigenvalue weighted by Gasteiger charge is 2.03. The maximum atomic E-state index is 13.5. The molecule has 0 fully saturated rings. The first-order chi connectivity index (χ1) is 12.7. The van der Waals surface area contributed by atoms with Crippen molar-refractivity contribution in [1.29, 1.82) is 0 Å². The van der Waals surface area contributed by atoms with Gasteiger partial charge >= 0.3 is 0 Å². The second kappa shape index (κ2) is 11.4. The molecule has 2 aromatic carbocycles. The van der Waals surface area contributed by atoms with Crippen LogP contribution in [0, 0.1) is 5.82 Å². The van der Waals surface area contributed by atoms with E-state index >= 15 is 0 Å². The summed E-state index contributed by atoms with van der Waals surface area (Å²) >= 11 is 1.60. The van der Waals surface area contributed by atoms with Gasteiger partial charge in [0, 0.05) is 24.5 Å². The first-order valence-electron chi connectivity index (χ1n) is 8.54. The predicted molar refractivity (Wildman–Crippen MR) is 103 cm³/mol. The fraction of sp³-hybridized carbons (Fsp3) is 0.350. The van der Waals surface area contributed by atoms with Crippen LogP contribution in [-0.4, -0.2) is 31.9 Å². The van der Waals surface area contributed by atoms with Crippen molar-refractivity contribution in [2.75, 3.05) is 26.0 Å². The van der Waals surface area contributed by atoms with Crippen molar-refractivity contribution in [3.05, 3.63) is 59.9 Å². The Kier molecular flexibility index (Phi) is 8.83. The van der Waals surface area contributed by atoms with Gasteiger partial charge in [0.2, 0.25) is 5.91 Å². The minimum atomic E-state index is -0.180. The molecule has 2 aromatic rings. The van der Waals surface area contributed by atoms with Gasteiger partial charge in [-0.2, -0.15) is 11.8 Å². The SMILES string of the molecule is COc1ccc(OCCCC(=O)NCCSCc2ccccc2F)cc1. The topological polar surface area (TPSA) is 47.6 Å². The van der Waals surface area contributed by atoms with Gasteiger partial charge in [-0.05, 0) is 42.3 Å². The van der Waals surface area contributed by atoms with Gasteiger partial charge in [0.1, 0.15) is 17.3 Å². The number of hydrogen-bond donors (Lipinski definition) is 1. The molecule has 0 atom stereocenters. The molecule has 6 heteroatoms. The fourth-order valence-corrected chi connectivity index (χ4v) is 3.09. The molecule has 2 rings (SSSR count). The van der Waals surface area contributed by atoms with Crippen LogP contribution < -0.4 is 14.8 Å². The second-order valence-electron chi connectivity index (χ2n) is 5.62. The maximum absolute atomic E-state index is 13.5. The third-order valence-corrected chi connectivity index (χ3v) is 4.67. The summed E-state index contributed by atoms with van der Waals surface area (Å²) in [5, 5.41) is 2.87. The van der Waals surface area contributed by atoms with Crippen molar-refractivity contribution in [1.82, 2.24) is 5.32 Å². The van der Waals surface area contributed by atoms with E-state index in [1.165, 1.54) is 6.07 Å². The van der Waals surface area contributed by atoms with E-state index in [-0.39, 0.29) is 11.7 Å². The molecule has 26 heavy (non-hydrogen) atoms. The Morgan fingerprint density at radius 3 is 2.58 bits per heavy atom. The molecule has 0 aromatic heterocycles. The van der Waals surface area contributed by atoms with Crippen molar-refractivity contribution in [3.8, 4) is 11.5 Å². The highest BCUT2D eigenvalue weighted by Crippen LogP contribution is 2.17. The van der Waals surface area contributed by atoms with Gasteiger partial charge < -0.3 is 14.8 Å². The van der Waals surface area contributed by atoms with E-state index < -0.39 is 0 Å². The normalized spacial score (nSPS) is 10.4. The number of nitrogens with one attached hydrogen (secondary N) is 1. The lowest BCUT2D eigenvalue weighted by Crippen LogP contribution is -2.25. The number of ether oxygens (including phenoxy) is 2. The summed E-state index contributed by atoms with van der Waals surface area (Å²) in [6.07, 6.45) is 1.08. The minimum absolute atomic E-state index is 0.00909. The number of hydrogen-bond acceptors (Lipinski definition) is 4. The van der Waals surface area contributed by atoms with E-state index in [0.29, 0.717) is 37.3 Å². The quantitative estimate of drug-likeness (QED) is 0.601. The van der Waals surface area contributed by atoms with Gasteiger partial charge in [0.15, 0.2) is 0 Å². The molecule has 4 nitrogen and oxygen atoms in total. The van der Waals surface area contributed by atoms with E-state index in [4.69, 9.17) is 9.47 Å². The van der Waals surface area contributed by atoms with Crippen molar-refractivity contribution in [2.24, 2.45) is 0 Å². The summed E-state index contributed by atoms with van der Waals surface area (Å²) in [5.41, 5.74) is 0.694. The van der Waals surface area contributed by atoms with E-state index in [1.54, 1.807) is 31.0 Å². The highest BCUT2D eigenvalue weighted by atomic mass is 32.2. The maximum Gasteiger partial charge on any atom is 0.220 e. The molecule has 1 amide bonds. The smallest absolute Gasteiger partial charge is 0.220 e. The Hall–Kier alpha value is -2.21. The van der Waals surface area contributed by atoms with Gasteiger partial charge in [-0.15, -0.1) is 0 Å². The Balaban J connectivity index is 1.50. The number of benzene rings is 2. The van der Waals surface area contributed by atoms with E-state index in [0.717, 1.165) is 17.3 Å². The minimum Gasteiger partial charge on any atom is -0.497 e. The zero-order chi connectivity index (χ0) is 18.6. The van der Waals surface area contributed by atoms with Gasteiger partial charge in [-0.25, -0.2) is 4.39 Å². The molecule has 0 bridgehead atoms. The van der Waals surface area contributed by atoms with Crippen molar-refractivity contribution >= 4 is 17.7 Å². The van der Waals surface area contributed by atoms with Crippen molar-refractivity contribution in [2.45, 2.75) is 18.6 Å². The van der Waals surface area contributed by atoms with E-state index in [1.807, 2.05) is 30.3 Å². The predicted octanol–water partition coefficient (Wildman–Crippen LogP) is 4.04. The summed E-state index contributed by atoms with van der Waals surface area (Å²) in [6.45, 7) is 1.07. The Morgan fingerprint density at radius 2 is 1.85 bits per heavy atom. The lowest BCUT2D eigenvalue weighted by molar-refractivity contribution is -0.121. The molecule has 0 saturated heterocycles. The zero-order valence-electron chi connectivity index (χ0n) is 14.9. The summed E-state index contributed by atoms with van der Waals surface area (Å²) < 4.78 is 24.1. The average Bonchev–Trinajstić information content (AvgIpc) is 2.67. The molecule has 0 aliphatic carbocycles. The second-order valence-corrected chi connectivity index (χ2v) is 6.73. The number of methoxy groups -OCH3 is 1. The Morgan fingerprint density at radius 1 is 1.12 bits per heavy atom. The van der Waals surface area contributed by atoms with Crippen LogP contribution in [0.2, 0.25) is 0 Å². The molecular formula is C20H24FNO3S. The van der Waals surface area contributed by atoms with Crippen LogP contribution in [0.4, 0.5) is 4.39 Å². The molecule has 0 heterocycles. The highest BCUT2D eigenvalue weighted by molar-refractivity contribution is 7.98. The lowest BCUT2D eigenvalue weighted by Gasteiger charge is -2.08. The summed E-state index contributed by atoms with van der Waals surface area (Å²) in [4.78, 5) is 11.8. The van der Waals surface area contributed by atoms with Gasteiger partial charge in [-0.3, -0.25) is 4.79 Å². The van der Waals surface area contributed by atoms with Crippen LogP contribution in [0.5, 0.6) is 11.5 Å². The molecule has 0 saturated carbocycles. The number of amides is 1.